The molecule has 3 nitrogen and oxygen atoms in total. The molecule has 0 bridgehead atoms. The van der Waals surface area contributed by atoms with E-state index < -0.39 is 0 Å². The number of hydrogen-bond acceptors (Lipinski definition) is 3. The molecule has 0 aromatic heterocycles. The van der Waals surface area contributed by atoms with Gasteiger partial charge in [-0.15, -0.1) is 0 Å². The third kappa shape index (κ3) is 2.69. The monoisotopic (exact) mass is 199 g/mol. The predicted molar refractivity (Wildman–Crippen MR) is 55.2 cm³/mol. The largest absolute Gasteiger partial charge is 0.392 e. The van der Waals surface area contributed by atoms with E-state index in [1.54, 1.807) is 0 Å². The van der Waals surface area contributed by atoms with Crippen LogP contribution in [0.3, 0.4) is 0 Å². The summed E-state index contributed by atoms with van der Waals surface area (Å²) in [6.45, 7) is 2.83. The van der Waals surface area contributed by atoms with Gasteiger partial charge in [-0.05, 0) is 25.2 Å². The van der Waals surface area contributed by atoms with Crippen LogP contribution in [0.25, 0.3) is 0 Å². The Morgan fingerprint density at radius 1 is 1.21 bits per heavy atom. The van der Waals surface area contributed by atoms with Crippen molar-refractivity contribution >= 4 is 0 Å². The second-order valence-electron chi connectivity index (χ2n) is 4.60. The number of nitrogens with one attached hydrogen (secondary N) is 1. The molecule has 1 saturated heterocycles. The lowest BCUT2D eigenvalue weighted by atomic mass is 9.92. The van der Waals surface area contributed by atoms with Gasteiger partial charge in [-0.1, -0.05) is 12.8 Å². The highest BCUT2D eigenvalue weighted by Crippen LogP contribution is 2.19. The highest BCUT2D eigenvalue weighted by Gasteiger charge is 2.24. The van der Waals surface area contributed by atoms with Gasteiger partial charge < -0.3 is 15.2 Å². The van der Waals surface area contributed by atoms with Gasteiger partial charge in [0.1, 0.15) is 0 Å². The first-order valence-electron chi connectivity index (χ1n) is 5.85. The molecule has 1 aliphatic heterocycles. The smallest absolute Gasteiger partial charge is 0.0693 e. The van der Waals surface area contributed by atoms with Crippen molar-refractivity contribution in [3.05, 3.63) is 0 Å². The maximum Gasteiger partial charge on any atom is 0.0693 e. The molecule has 82 valence electrons. The quantitative estimate of drug-likeness (QED) is 0.710. The van der Waals surface area contributed by atoms with E-state index in [1.165, 1.54) is 19.3 Å². The highest BCUT2D eigenvalue weighted by molar-refractivity contribution is 4.81. The van der Waals surface area contributed by atoms with E-state index in [-0.39, 0.29) is 6.10 Å². The average molecular weight is 199 g/mol. The van der Waals surface area contributed by atoms with Crippen molar-refractivity contribution in [3.63, 3.8) is 0 Å². The minimum atomic E-state index is -0.119. The first-order chi connectivity index (χ1) is 6.86. The summed E-state index contributed by atoms with van der Waals surface area (Å²) >= 11 is 0. The van der Waals surface area contributed by atoms with Crippen LogP contribution >= 0.6 is 0 Å². The van der Waals surface area contributed by atoms with Crippen LogP contribution in [0.5, 0.6) is 0 Å². The number of rotatable bonds is 3. The Morgan fingerprint density at radius 2 is 2.07 bits per heavy atom. The molecule has 2 N–H and O–H groups in total. The molecule has 1 heterocycles. The lowest BCUT2D eigenvalue weighted by Crippen LogP contribution is -2.44. The Labute approximate surface area is 85.8 Å². The zero-order valence-electron chi connectivity index (χ0n) is 8.74. The summed E-state index contributed by atoms with van der Waals surface area (Å²) in [4.78, 5) is 0. The Morgan fingerprint density at radius 3 is 2.79 bits per heavy atom. The predicted octanol–water partition coefficient (Wildman–Crippen LogP) is 0.916. The van der Waals surface area contributed by atoms with Gasteiger partial charge in [0.25, 0.3) is 0 Å². The summed E-state index contributed by atoms with van der Waals surface area (Å²) in [5, 5.41) is 13.2. The maximum absolute atomic E-state index is 9.75. The Hall–Kier alpha value is -0.120. The molecular formula is C11H21NO2. The molecule has 3 atom stereocenters. The maximum atomic E-state index is 9.75. The van der Waals surface area contributed by atoms with Gasteiger partial charge in [-0.25, -0.2) is 0 Å². The standard InChI is InChI=1S/C11H21NO2/c13-11-4-2-1-3-10(11)12-7-9-5-6-14-8-9/h9-13H,1-8H2. The lowest BCUT2D eigenvalue weighted by molar-refractivity contribution is 0.0880. The molecule has 0 amide bonds. The molecular weight excluding hydrogens is 178 g/mol. The Kier molecular flexibility index (Phi) is 3.79. The molecule has 2 fully saturated rings. The number of aliphatic hydroxyl groups excluding tert-OH is 1. The van der Waals surface area contributed by atoms with Gasteiger partial charge >= 0.3 is 0 Å². The van der Waals surface area contributed by atoms with Crippen molar-refractivity contribution in [2.45, 2.75) is 44.2 Å². The van der Waals surface area contributed by atoms with Crippen LogP contribution in [0, 0.1) is 5.92 Å². The molecule has 2 aliphatic rings. The molecule has 3 heteroatoms. The van der Waals surface area contributed by atoms with E-state index in [9.17, 15) is 5.11 Å². The van der Waals surface area contributed by atoms with E-state index in [2.05, 4.69) is 5.32 Å². The molecule has 0 radical (unpaired) electrons. The highest BCUT2D eigenvalue weighted by atomic mass is 16.5. The molecule has 0 aromatic rings. The molecule has 2 rings (SSSR count). The van der Waals surface area contributed by atoms with E-state index in [4.69, 9.17) is 4.74 Å². The number of aliphatic hydroxyl groups is 1. The van der Waals surface area contributed by atoms with Gasteiger partial charge in [0.15, 0.2) is 0 Å². The zero-order valence-corrected chi connectivity index (χ0v) is 8.74. The molecule has 0 aromatic carbocycles. The van der Waals surface area contributed by atoms with Crippen molar-refractivity contribution in [2.75, 3.05) is 19.8 Å². The average Bonchev–Trinajstić information content (AvgIpc) is 2.69. The first-order valence-corrected chi connectivity index (χ1v) is 5.85. The van der Waals surface area contributed by atoms with Crippen molar-refractivity contribution in [1.82, 2.24) is 5.32 Å². The Bertz CT molecular complexity index is 169. The van der Waals surface area contributed by atoms with Gasteiger partial charge in [-0.2, -0.15) is 0 Å². The fraction of sp³-hybridized carbons (Fsp3) is 1.00. The summed E-state index contributed by atoms with van der Waals surface area (Å²) in [7, 11) is 0. The summed E-state index contributed by atoms with van der Waals surface area (Å²) < 4.78 is 5.32. The van der Waals surface area contributed by atoms with Crippen LogP contribution in [-0.2, 0) is 4.74 Å². The molecule has 1 aliphatic carbocycles. The fourth-order valence-corrected chi connectivity index (χ4v) is 2.41. The molecule has 0 spiro atoms. The van der Waals surface area contributed by atoms with Crippen LogP contribution in [0.1, 0.15) is 32.1 Å². The van der Waals surface area contributed by atoms with Crippen LogP contribution in [0.4, 0.5) is 0 Å². The molecule has 14 heavy (non-hydrogen) atoms. The van der Waals surface area contributed by atoms with Crippen molar-refractivity contribution < 1.29 is 9.84 Å². The third-order valence-electron chi connectivity index (χ3n) is 3.42. The Balaban J connectivity index is 1.67. The van der Waals surface area contributed by atoms with Gasteiger partial charge in [0, 0.05) is 19.2 Å². The number of hydrogen-bond donors (Lipinski definition) is 2. The minimum Gasteiger partial charge on any atom is -0.392 e. The van der Waals surface area contributed by atoms with Crippen molar-refractivity contribution in [2.24, 2.45) is 5.92 Å². The van der Waals surface area contributed by atoms with Crippen LogP contribution < -0.4 is 5.32 Å². The summed E-state index contributed by atoms with van der Waals surface area (Å²) in [5.41, 5.74) is 0. The summed E-state index contributed by atoms with van der Waals surface area (Å²) in [6.07, 6.45) is 5.61. The van der Waals surface area contributed by atoms with E-state index in [0.29, 0.717) is 12.0 Å². The van der Waals surface area contributed by atoms with E-state index in [0.717, 1.165) is 32.6 Å². The van der Waals surface area contributed by atoms with E-state index in [1.807, 2.05) is 0 Å². The fourth-order valence-electron chi connectivity index (χ4n) is 2.41. The second-order valence-corrected chi connectivity index (χ2v) is 4.60. The normalized spacial score (nSPS) is 38.8. The third-order valence-corrected chi connectivity index (χ3v) is 3.42. The van der Waals surface area contributed by atoms with Crippen LogP contribution in [-0.4, -0.2) is 37.0 Å². The van der Waals surface area contributed by atoms with Crippen molar-refractivity contribution in [3.8, 4) is 0 Å². The van der Waals surface area contributed by atoms with Crippen LogP contribution in [0.15, 0.2) is 0 Å². The van der Waals surface area contributed by atoms with Gasteiger partial charge in [-0.3, -0.25) is 0 Å². The SMILES string of the molecule is OC1CCCCC1NCC1CCOC1. The number of ether oxygens (including phenoxy) is 1. The zero-order chi connectivity index (χ0) is 9.80. The van der Waals surface area contributed by atoms with Crippen molar-refractivity contribution in [1.29, 1.82) is 0 Å². The lowest BCUT2D eigenvalue weighted by Gasteiger charge is -2.29. The van der Waals surface area contributed by atoms with Gasteiger partial charge in [0.05, 0.1) is 12.7 Å². The molecule has 3 unspecified atom stereocenters. The second kappa shape index (κ2) is 5.10. The molecule has 1 saturated carbocycles. The van der Waals surface area contributed by atoms with E-state index >= 15 is 0 Å². The first kappa shape index (κ1) is 10.4. The topological polar surface area (TPSA) is 41.5 Å². The summed E-state index contributed by atoms with van der Waals surface area (Å²) in [5.74, 6) is 0.670. The van der Waals surface area contributed by atoms with Gasteiger partial charge in [0.2, 0.25) is 0 Å². The summed E-state index contributed by atoms with van der Waals surface area (Å²) in [6, 6.07) is 0.337. The minimum absolute atomic E-state index is 0.119. The van der Waals surface area contributed by atoms with Crippen LogP contribution in [0.2, 0.25) is 0 Å².